The Morgan fingerprint density at radius 2 is 1.83 bits per heavy atom. The normalized spacial score (nSPS) is 14.6. The summed E-state index contributed by atoms with van der Waals surface area (Å²) in [4.78, 5) is 30.5. The molecule has 1 aliphatic rings. The van der Waals surface area contributed by atoms with Crippen molar-refractivity contribution in [2.24, 2.45) is 0 Å². The number of H-pyrrole nitrogens is 1. The topological polar surface area (TPSA) is 74.4 Å². The minimum atomic E-state index is -0.0115. The predicted molar refractivity (Wildman–Crippen MR) is 117 cm³/mol. The van der Waals surface area contributed by atoms with Crippen molar-refractivity contribution < 1.29 is 14.3 Å². The number of benzene rings is 2. The van der Waals surface area contributed by atoms with Gasteiger partial charge in [0.1, 0.15) is 5.75 Å². The molecule has 0 bridgehead atoms. The van der Waals surface area contributed by atoms with Crippen molar-refractivity contribution in [3.63, 3.8) is 0 Å². The van der Waals surface area contributed by atoms with Gasteiger partial charge in [-0.1, -0.05) is 30.3 Å². The minimum Gasteiger partial charge on any atom is -0.493 e. The number of likely N-dealkylation sites (tertiary alicyclic amines) is 1. The van der Waals surface area contributed by atoms with Crippen LogP contribution in [0.15, 0.2) is 54.7 Å². The van der Waals surface area contributed by atoms with Crippen LogP contribution in [-0.2, 0) is 11.2 Å². The number of piperidine rings is 1. The largest absolute Gasteiger partial charge is 0.493 e. The number of nitrogens with zero attached hydrogens (tertiary/aromatic N) is 1. The number of carbonyl (C=O) groups is 2. The van der Waals surface area contributed by atoms with Crippen LogP contribution in [-0.4, -0.2) is 47.4 Å². The molecule has 1 aromatic heterocycles. The maximum atomic E-state index is 12.9. The second kappa shape index (κ2) is 9.03. The van der Waals surface area contributed by atoms with Gasteiger partial charge in [0.2, 0.25) is 5.91 Å². The van der Waals surface area contributed by atoms with Gasteiger partial charge in [0.15, 0.2) is 0 Å². The lowest BCUT2D eigenvalue weighted by Gasteiger charge is -2.32. The van der Waals surface area contributed by atoms with Crippen molar-refractivity contribution in [3.05, 3.63) is 65.9 Å². The van der Waals surface area contributed by atoms with Crippen molar-refractivity contribution in [2.75, 3.05) is 19.7 Å². The third-order valence-corrected chi connectivity index (χ3v) is 5.59. The summed E-state index contributed by atoms with van der Waals surface area (Å²) in [6.45, 7) is 3.68. The smallest absolute Gasteiger partial charge is 0.257 e. The highest BCUT2D eigenvalue weighted by Gasteiger charge is 2.26. The zero-order valence-electron chi connectivity index (χ0n) is 17.2. The number of hydrogen-bond donors (Lipinski definition) is 2. The molecule has 0 spiro atoms. The zero-order chi connectivity index (χ0) is 20.9. The molecule has 0 atom stereocenters. The summed E-state index contributed by atoms with van der Waals surface area (Å²) < 4.78 is 5.60. The summed E-state index contributed by atoms with van der Waals surface area (Å²) in [6.07, 6.45) is 3.76. The minimum absolute atomic E-state index is 0.0115. The number of aromatic nitrogens is 1. The lowest BCUT2D eigenvalue weighted by Crippen LogP contribution is -2.47. The van der Waals surface area contributed by atoms with E-state index in [9.17, 15) is 9.59 Å². The van der Waals surface area contributed by atoms with E-state index in [4.69, 9.17) is 4.74 Å². The molecule has 30 heavy (non-hydrogen) atoms. The molecular weight excluding hydrogens is 378 g/mol. The fourth-order valence-corrected chi connectivity index (χ4v) is 4.05. The van der Waals surface area contributed by atoms with Gasteiger partial charge in [-0.25, -0.2) is 0 Å². The number of fused-ring (bicyclic) bond motifs is 1. The van der Waals surface area contributed by atoms with E-state index < -0.39 is 0 Å². The van der Waals surface area contributed by atoms with Gasteiger partial charge in [0.25, 0.3) is 5.91 Å². The summed E-state index contributed by atoms with van der Waals surface area (Å²) in [5, 5.41) is 4.22. The zero-order valence-corrected chi connectivity index (χ0v) is 17.2. The molecule has 1 fully saturated rings. The van der Waals surface area contributed by atoms with Gasteiger partial charge < -0.3 is 19.9 Å². The average molecular weight is 405 g/mol. The van der Waals surface area contributed by atoms with E-state index in [0.717, 1.165) is 29.3 Å². The quantitative estimate of drug-likeness (QED) is 0.659. The molecule has 0 saturated carbocycles. The highest BCUT2D eigenvalue weighted by molar-refractivity contribution is 5.97. The van der Waals surface area contributed by atoms with Crippen molar-refractivity contribution >= 4 is 22.7 Å². The summed E-state index contributed by atoms with van der Waals surface area (Å²) in [5.41, 5.74) is 2.64. The Labute approximate surface area is 176 Å². The molecule has 6 nitrogen and oxygen atoms in total. The number of rotatable bonds is 6. The Hall–Kier alpha value is -3.28. The van der Waals surface area contributed by atoms with Gasteiger partial charge in [-0.15, -0.1) is 0 Å². The molecule has 2 N–H and O–H groups in total. The summed E-state index contributed by atoms with van der Waals surface area (Å²) in [6, 6.07) is 15.4. The van der Waals surface area contributed by atoms with Crippen LogP contribution in [0.1, 0.15) is 35.7 Å². The molecule has 4 rings (SSSR count). The summed E-state index contributed by atoms with van der Waals surface area (Å²) >= 11 is 0. The first-order valence-corrected chi connectivity index (χ1v) is 10.5. The van der Waals surface area contributed by atoms with Gasteiger partial charge in [-0.2, -0.15) is 0 Å². The molecule has 2 amide bonds. The van der Waals surface area contributed by atoms with Crippen LogP contribution < -0.4 is 10.1 Å². The molecule has 1 saturated heterocycles. The Bertz CT molecular complexity index is 1030. The Morgan fingerprint density at radius 1 is 1.10 bits per heavy atom. The number of aromatic amines is 1. The third kappa shape index (κ3) is 4.32. The number of ether oxygens (including phenoxy) is 1. The number of amides is 2. The Kier molecular flexibility index (Phi) is 6.02. The standard InChI is InChI=1S/C24H27N3O3/c1-2-30-22-10-6-4-8-20(22)24(29)27-13-11-18(12-14-27)26-23(28)15-17-16-25-21-9-5-3-7-19(17)21/h3-10,16,18,25H,2,11-15H2,1H3,(H,26,28). The number of carbonyl (C=O) groups excluding carboxylic acids is 2. The van der Waals surface area contributed by atoms with Crippen LogP contribution in [0.4, 0.5) is 0 Å². The second-order valence-corrected chi connectivity index (χ2v) is 7.60. The van der Waals surface area contributed by atoms with Gasteiger partial charge in [0.05, 0.1) is 18.6 Å². The average Bonchev–Trinajstić information content (AvgIpc) is 3.17. The maximum Gasteiger partial charge on any atom is 0.257 e. The molecule has 6 heteroatoms. The Balaban J connectivity index is 1.31. The fraction of sp³-hybridized carbons (Fsp3) is 0.333. The third-order valence-electron chi connectivity index (χ3n) is 5.59. The number of para-hydroxylation sites is 2. The molecule has 0 radical (unpaired) electrons. The monoisotopic (exact) mass is 405 g/mol. The lowest BCUT2D eigenvalue weighted by molar-refractivity contribution is -0.121. The van der Waals surface area contributed by atoms with E-state index in [0.29, 0.717) is 37.4 Å². The van der Waals surface area contributed by atoms with Crippen molar-refractivity contribution in [3.8, 4) is 5.75 Å². The van der Waals surface area contributed by atoms with Crippen molar-refractivity contribution in [1.82, 2.24) is 15.2 Å². The lowest BCUT2D eigenvalue weighted by atomic mass is 10.0. The molecule has 0 aliphatic carbocycles. The van der Waals surface area contributed by atoms with Crippen LogP contribution in [0.25, 0.3) is 10.9 Å². The maximum absolute atomic E-state index is 12.9. The first kappa shape index (κ1) is 20.0. The van der Waals surface area contributed by atoms with E-state index in [1.165, 1.54) is 0 Å². The molecule has 2 aromatic carbocycles. The fourth-order valence-electron chi connectivity index (χ4n) is 4.05. The second-order valence-electron chi connectivity index (χ2n) is 7.60. The van der Waals surface area contributed by atoms with Gasteiger partial charge in [0, 0.05) is 36.2 Å². The van der Waals surface area contributed by atoms with Crippen LogP contribution in [0.2, 0.25) is 0 Å². The molecule has 1 aliphatic heterocycles. The van der Waals surface area contributed by atoms with Gasteiger partial charge >= 0.3 is 0 Å². The first-order valence-electron chi connectivity index (χ1n) is 10.5. The first-order chi connectivity index (χ1) is 14.7. The highest BCUT2D eigenvalue weighted by atomic mass is 16.5. The van der Waals surface area contributed by atoms with E-state index >= 15 is 0 Å². The van der Waals surface area contributed by atoms with E-state index in [2.05, 4.69) is 10.3 Å². The number of hydrogen-bond acceptors (Lipinski definition) is 3. The van der Waals surface area contributed by atoms with Gasteiger partial charge in [-0.3, -0.25) is 9.59 Å². The molecule has 0 unspecified atom stereocenters. The summed E-state index contributed by atoms with van der Waals surface area (Å²) in [7, 11) is 0. The molecule has 2 heterocycles. The van der Waals surface area contributed by atoms with Gasteiger partial charge in [-0.05, 0) is 43.5 Å². The van der Waals surface area contributed by atoms with Crippen LogP contribution in [0.3, 0.4) is 0 Å². The van der Waals surface area contributed by atoms with E-state index in [-0.39, 0.29) is 17.9 Å². The predicted octanol–water partition coefficient (Wildman–Crippen LogP) is 3.53. The molecule has 156 valence electrons. The van der Waals surface area contributed by atoms with Crippen molar-refractivity contribution in [2.45, 2.75) is 32.2 Å². The number of nitrogens with one attached hydrogen (secondary N) is 2. The van der Waals surface area contributed by atoms with Crippen molar-refractivity contribution in [1.29, 1.82) is 0 Å². The van der Waals surface area contributed by atoms with Crippen LogP contribution in [0.5, 0.6) is 5.75 Å². The highest BCUT2D eigenvalue weighted by Crippen LogP contribution is 2.22. The van der Waals surface area contributed by atoms with Crippen LogP contribution in [0, 0.1) is 0 Å². The molecular formula is C24H27N3O3. The summed E-state index contributed by atoms with van der Waals surface area (Å²) in [5.74, 6) is 0.632. The van der Waals surface area contributed by atoms with E-state index in [1.54, 1.807) is 0 Å². The Morgan fingerprint density at radius 3 is 2.63 bits per heavy atom. The SMILES string of the molecule is CCOc1ccccc1C(=O)N1CCC(NC(=O)Cc2c[nH]c3ccccc23)CC1. The molecule has 3 aromatic rings. The van der Waals surface area contributed by atoms with E-state index in [1.807, 2.05) is 66.6 Å². The van der Waals surface area contributed by atoms with Crippen LogP contribution >= 0.6 is 0 Å².